The van der Waals surface area contributed by atoms with E-state index in [0.717, 1.165) is 10.6 Å². The van der Waals surface area contributed by atoms with Crippen LogP contribution in [0.25, 0.3) is 0 Å². The highest BCUT2D eigenvalue weighted by molar-refractivity contribution is 7.88. The largest absolute Gasteiger partial charge is 0.264 e. The first-order chi connectivity index (χ1) is 5.73. The maximum atomic E-state index is 13.1. The standard InChI is InChI=1S/C7H13F2NO2S/c1-6-3-4-10(13(2,11)12)5-7(6,8)9/h6H,3-5H2,1-2H3. The van der Waals surface area contributed by atoms with Gasteiger partial charge in [0.25, 0.3) is 5.92 Å². The lowest BCUT2D eigenvalue weighted by Gasteiger charge is -2.35. The van der Waals surface area contributed by atoms with Gasteiger partial charge < -0.3 is 0 Å². The maximum absolute atomic E-state index is 13.1. The molecule has 0 amide bonds. The lowest BCUT2D eigenvalue weighted by molar-refractivity contribution is -0.0863. The Kier molecular flexibility index (Phi) is 2.64. The predicted octanol–water partition coefficient (Wildman–Crippen LogP) is 0.923. The summed E-state index contributed by atoms with van der Waals surface area (Å²) < 4.78 is 48.9. The summed E-state index contributed by atoms with van der Waals surface area (Å²) in [6, 6.07) is 0. The first-order valence-corrected chi connectivity index (χ1v) is 5.91. The van der Waals surface area contributed by atoms with E-state index in [0.29, 0.717) is 0 Å². The quantitative estimate of drug-likeness (QED) is 0.649. The lowest BCUT2D eigenvalue weighted by Crippen LogP contribution is -2.49. The highest BCUT2D eigenvalue weighted by Gasteiger charge is 2.44. The summed E-state index contributed by atoms with van der Waals surface area (Å²) in [5.74, 6) is -3.62. The van der Waals surface area contributed by atoms with E-state index in [-0.39, 0.29) is 13.0 Å². The van der Waals surface area contributed by atoms with Crippen LogP contribution >= 0.6 is 0 Å². The Hall–Kier alpha value is -0.230. The van der Waals surface area contributed by atoms with E-state index < -0.39 is 28.4 Å². The molecule has 0 aromatic heterocycles. The summed E-state index contributed by atoms with van der Waals surface area (Å²) in [7, 11) is -3.47. The molecule has 1 atom stereocenters. The number of sulfonamides is 1. The molecule has 1 aliphatic rings. The van der Waals surface area contributed by atoms with E-state index in [1.807, 2.05) is 0 Å². The average Bonchev–Trinajstić information content (AvgIpc) is 1.92. The van der Waals surface area contributed by atoms with Crippen molar-refractivity contribution in [1.29, 1.82) is 0 Å². The Morgan fingerprint density at radius 2 is 2.00 bits per heavy atom. The monoisotopic (exact) mass is 213 g/mol. The van der Waals surface area contributed by atoms with E-state index >= 15 is 0 Å². The minimum Gasteiger partial charge on any atom is -0.213 e. The fraction of sp³-hybridized carbons (Fsp3) is 1.00. The summed E-state index contributed by atoms with van der Waals surface area (Å²) in [4.78, 5) is 0. The number of nitrogens with zero attached hydrogens (tertiary/aromatic N) is 1. The summed E-state index contributed by atoms with van der Waals surface area (Å²) in [5.41, 5.74) is 0. The van der Waals surface area contributed by atoms with Crippen LogP contribution in [0.15, 0.2) is 0 Å². The molecule has 0 saturated carbocycles. The van der Waals surface area contributed by atoms with Crippen LogP contribution in [0, 0.1) is 5.92 Å². The number of rotatable bonds is 1. The summed E-state index contributed by atoms with van der Waals surface area (Å²) >= 11 is 0. The Morgan fingerprint density at radius 1 is 1.46 bits per heavy atom. The summed E-state index contributed by atoms with van der Waals surface area (Å²) in [6.07, 6.45) is 1.18. The molecule has 78 valence electrons. The van der Waals surface area contributed by atoms with Crippen molar-refractivity contribution in [3.05, 3.63) is 0 Å². The Balaban J connectivity index is 2.78. The van der Waals surface area contributed by atoms with Gasteiger partial charge in [-0.05, 0) is 6.42 Å². The molecule has 3 nitrogen and oxygen atoms in total. The second-order valence-electron chi connectivity index (χ2n) is 3.55. The molecule has 1 unspecified atom stereocenters. The third-order valence-corrected chi connectivity index (χ3v) is 3.64. The number of alkyl halides is 2. The first-order valence-electron chi connectivity index (χ1n) is 4.06. The van der Waals surface area contributed by atoms with Gasteiger partial charge in [0.2, 0.25) is 10.0 Å². The molecule has 0 bridgehead atoms. The molecule has 13 heavy (non-hydrogen) atoms. The lowest BCUT2D eigenvalue weighted by atomic mass is 9.96. The van der Waals surface area contributed by atoms with Crippen molar-refractivity contribution in [1.82, 2.24) is 4.31 Å². The van der Waals surface area contributed by atoms with Gasteiger partial charge in [-0.1, -0.05) is 6.92 Å². The highest BCUT2D eigenvalue weighted by Crippen LogP contribution is 2.33. The van der Waals surface area contributed by atoms with Crippen LogP contribution in [0.3, 0.4) is 0 Å². The van der Waals surface area contributed by atoms with Crippen molar-refractivity contribution in [2.45, 2.75) is 19.3 Å². The third-order valence-electron chi connectivity index (χ3n) is 2.39. The van der Waals surface area contributed by atoms with Crippen LogP contribution in [0.5, 0.6) is 0 Å². The van der Waals surface area contributed by atoms with Crippen LogP contribution in [0.1, 0.15) is 13.3 Å². The molecule has 0 aromatic rings. The van der Waals surface area contributed by atoms with Gasteiger partial charge in [-0.3, -0.25) is 0 Å². The molecule has 1 fully saturated rings. The van der Waals surface area contributed by atoms with Crippen molar-refractivity contribution < 1.29 is 17.2 Å². The minimum absolute atomic E-state index is 0.204. The number of halogens is 2. The normalized spacial score (nSPS) is 30.3. The zero-order valence-corrected chi connectivity index (χ0v) is 8.44. The van der Waals surface area contributed by atoms with E-state index in [4.69, 9.17) is 0 Å². The van der Waals surface area contributed by atoms with E-state index in [2.05, 4.69) is 0 Å². The molecule has 6 heteroatoms. The molecule has 0 N–H and O–H groups in total. The Bertz CT molecular complexity index is 289. The molecular weight excluding hydrogens is 200 g/mol. The molecule has 1 aliphatic heterocycles. The second-order valence-corrected chi connectivity index (χ2v) is 5.53. The molecule has 0 aliphatic carbocycles. The first kappa shape index (κ1) is 10.8. The number of hydrogen-bond acceptors (Lipinski definition) is 2. The summed E-state index contributed by atoms with van der Waals surface area (Å²) in [6.45, 7) is 0.974. The Labute approximate surface area is 76.8 Å². The topological polar surface area (TPSA) is 37.4 Å². The van der Waals surface area contributed by atoms with E-state index in [1.165, 1.54) is 6.92 Å². The van der Waals surface area contributed by atoms with E-state index in [1.54, 1.807) is 0 Å². The molecule has 1 heterocycles. The van der Waals surface area contributed by atoms with Gasteiger partial charge in [0.1, 0.15) is 0 Å². The van der Waals surface area contributed by atoms with E-state index in [9.17, 15) is 17.2 Å². The Morgan fingerprint density at radius 3 is 2.38 bits per heavy atom. The highest BCUT2D eigenvalue weighted by atomic mass is 32.2. The number of hydrogen-bond donors (Lipinski definition) is 0. The van der Waals surface area contributed by atoms with Crippen LogP contribution in [-0.2, 0) is 10.0 Å². The van der Waals surface area contributed by atoms with Crippen molar-refractivity contribution in [3.63, 3.8) is 0 Å². The second kappa shape index (κ2) is 3.16. The number of piperidine rings is 1. The fourth-order valence-corrected chi connectivity index (χ4v) is 2.15. The molecular formula is C7H13F2NO2S. The zero-order chi connectivity index (χ0) is 10.3. The maximum Gasteiger partial charge on any atom is 0.264 e. The molecule has 0 spiro atoms. The van der Waals surface area contributed by atoms with Gasteiger partial charge in [0, 0.05) is 12.5 Å². The minimum atomic E-state index is -3.47. The summed E-state index contributed by atoms with van der Waals surface area (Å²) in [5, 5.41) is 0. The smallest absolute Gasteiger partial charge is 0.213 e. The van der Waals surface area contributed by atoms with Crippen LogP contribution in [-0.4, -0.2) is 38.0 Å². The zero-order valence-electron chi connectivity index (χ0n) is 7.63. The SMILES string of the molecule is CC1CCN(S(C)(=O)=O)CC1(F)F. The molecule has 0 aromatic carbocycles. The van der Waals surface area contributed by atoms with Crippen LogP contribution in [0.4, 0.5) is 8.78 Å². The predicted molar refractivity (Wildman–Crippen MR) is 45.1 cm³/mol. The van der Waals surface area contributed by atoms with Crippen molar-refractivity contribution in [2.75, 3.05) is 19.3 Å². The van der Waals surface area contributed by atoms with Gasteiger partial charge in [0.05, 0.1) is 12.8 Å². The fourth-order valence-electron chi connectivity index (χ4n) is 1.30. The molecule has 1 saturated heterocycles. The van der Waals surface area contributed by atoms with Crippen LogP contribution < -0.4 is 0 Å². The van der Waals surface area contributed by atoms with Crippen molar-refractivity contribution >= 4 is 10.0 Å². The van der Waals surface area contributed by atoms with Gasteiger partial charge in [-0.15, -0.1) is 0 Å². The average molecular weight is 213 g/mol. The van der Waals surface area contributed by atoms with Crippen molar-refractivity contribution in [3.8, 4) is 0 Å². The van der Waals surface area contributed by atoms with Gasteiger partial charge in [-0.25, -0.2) is 17.2 Å². The molecule has 0 radical (unpaired) electrons. The third kappa shape index (κ3) is 2.37. The molecule has 1 rings (SSSR count). The van der Waals surface area contributed by atoms with Gasteiger partial charge in [0.15, 0.2) is 0 Å². The van der Waals surface area contributed by atoms with Crippen LogP contribution in [0.2, 0.25) is 0 Å². The van der Waals surface area contributed by atoms with Gasteiger partial charge in [-0.2, -0.15) is 4.31 Å². The van der Waals surface area contributed by atoms with Gasteiger partial charge >= 0.3 is 0 Å². The van der Waals surface area contributed by atoms with Crippen molar-refractivity contribution in [2.24, 2.45) is 5.92 Å².